The van der Waals surface area contributed by atoms with Gasteiger partial charge in [-0.2, -0.15) is 0 Å². The number of aryl methyl sites for hydroxylation is 1. The first-order chi connectivity index (χ1) is 14.1. The van der Waals surface area contributed by atoms with E-state index in [1.165, 1.54) is 6.20 Å². The fourth-order valence-corrected chi connectivity index (χ4v) is 2.93. The summed E-state index contributed by atoms with van der Waals surface area (Å²) >= 11 is 0. The Kier molecular flexibility index (Phi) is 6.68. The van der Waals surface area contributed by atoms with E-state index >= 15 is 0 Å². The second-order valence-electron chi connectivity index (χ2n) is 6.74. The van der Waals surface area contributed by atoms with Crippen LogP contribution in [0.25, 0.3) is 0 Å². The lowest BCUT2D eigenvalue weighted by Gasteiger charge is -2.29. The first-order valence-corrected chi connectivity index (χ1v) is 9.40. The number of carbonyl (C=O) groups is 2. The molecule has 1 unspecified atom stereocenters. The molecule has 1 aromatic carbocycles. The van der Waals surface area contributed by atoms with E-state index in [4.69, 9.17) is 4.74 Å². The van der Waals surface area contributed by atoms with Gasteiger partial charge in [-0.25, -0.2) is 4.79 Å². The topological polar surface area (TPSA) is 72.4 Å². The van der Waals surface area contributed by atoms with Crippen LogP contribution in [0.1, 0.15) is 38.9 Å². The number of benzene rings is 1. The van der Waals surface area contributed by atoms with Crippen LogP contribution in [0.4, 0.5) is 0 Å². The first-order valence-electron chi connectivity index (χ1n) is 9.40. The van der Waals surface area contributed by atoms with Crippen LogP contribution in [0.3, 0.4) is 0 Å². The molecule has 0 saturated heterocycles. The summed E-state index contributed by atoms with van der Waals surface area (Å²) < 4.78 is 5.49. The Morgan fingerprint density at radius 3 is 2.48 bits per heavy atom. The number of ether oxygens (including phenoxy) is 1. The molecule has 0 radical (unpaired) electrons. The largest absolute Gasteiger partial charge is 0.460 e. The maximum atomic E-state index is 13.1. The first kappa shape index (κ1) is 20.2. The van der Waals surface area contributed by atoms with Gasteiger partial charge in [0.2, 0.25) is 0 Å². The summed E-state index contributed by atoms with van der Waals surface area (Å²) in [6, 6.07) is 16.2. The van der Waals surface area contributed by atoms with Crippen molar-refractivity contribution in [2.45, 2.75) is 26.4 Å². The molecule has 0 aliphatic carbocycles. The normalized spacial score (nSPS) is 11.5. The van der Waals surface area contributed by atoms with E-state index in [0.717, 1.165) is 5.56 Å². The van der Waals surface area contributed by atoms with Crippen LogP contribution in [-0.2, 0) is 11.3 Å². The molecule has 148 valence electrons. The minimum atomic E-state index is -0.448. The highest BCUT2D eigenvalue weighted by molar-refractivity contribution is 5.94. The van der Waals surface area contributed by atoms with Gasteiger partial charge in [-0.1, -0.05) is 30.3 Å². The minimum Gasteiger partial charge on any atom is -0.460 e. The highest BCUT2D eigenvalue weighted by Crippen LogP contribution is 2.14. The molecule has 6 nitrogen and oxygen atoms in total. The fourth-order valence-electron chi connectivity index (χ4n) is 2.93. The van der Waals surface area contributed by atoms with Crippen LogP contribution < -0.4 is 0 Å². The Bertz CT molecular complexity index is 961. The Morgan fingerprint density at radius 2 is 1.79 bits per heavy atom. The molecule has 0 spiro atoms. The highest BCUT2D eigenvalue weighted by atomic mass is 16.5. The molecule has 0 fully saturated rings. The number of carbonyl (C=O) groups excluding carboxylic acids is 2. The van der Waals surface area contributed by atoms with Gasteiger partial charge in [-0.15, -0.1) is 0 Å². The number of hydrogen-bond donors (Lipinski definition) is 0. The van der Waals surface area contributed by atoms with E-state index in [2.05, 4.69) is 9.97 Å². The van der Waals surface area contributed by atoms with E-state index in [-0.39, 0.29) is 18.6 Å². The molecule has 2 heterocycles. The summed E-state index contributed by atoms with van der Waals surface area (Å²) in [6.45, 7) is 4.10. The smallest absolute Gasteiger partial charge is 0.340 e. The summed E-state index contributed by atoms with van der Waals surface area (Å²) in [7, 11) is 0. The van der Waals surface area contributed by atoms with Gasteiger partial charge in [0, 0.05) is 25.1 Å². The van der Waals surface area contributed by atoms with E-state index < -0.39 is 5.97 Å². The third-order valence-corrected chi connectivity index (χ3v) is 4.58. The average Bonchev–Trinajstić information content (AvgIpc) is 2.77. The van der Waals surface area contributed by atoms with Crippen molar-refractivity contribution in [3.63, 3.8) is 0 Å². The van der Waals surface area contributed by atoms with E-state index in [1.54, 1.807) is 48.5 Å². The van der Waals surface area contributed by atoms with Crippen LogP contribution in [0, 0.1) is 6.92 Å². The van der Waals surface area contributed by atoms with Gasteiger partial charge in [0.1, 0.15) is 6.61 Å². The van der Waals surface area contributed by atoms with Crippen LogP contribution in [0.5, 0.6) is 0 Å². The second kappa shape index (κ2) is 9.59. The lowest BCUT2D eigenvalue weighted by atomic mass is 10.1. The van der Waals surface area contributed by atoms with Crippen molar-refractivity contribution in [2.75, 3.05) is 6.61 Å². The molecule has 1 amide bonds. The molecular weight excluding hydrogens is 366 g/mol. The molecule has 6 heteroatoms. The van der Waals surface area contributed by atoms with E-state index in [0.29, 0.717) is 23.4 Å². The molecule has 3 aromatic rings. The minimum absolute atomic E-state index is 0.0754. The molecule has 0 aliphatic rings. The van der Waals surface area contributed by atoms with Crippen molar-refractivity contribution >= 4 is 11.9 Å². The summed E-state index contributed by atoms with van der Waals surface area (Å²) in [5.41, 5.74) is 2.52. The predicted octanol–water partition coefficient (Wildman–Crippen LogP) is 3.67. The van der Waals surface area contributed by atoms with Gasteiger partial charge in [-0.3, -0.25) is 14.8 Å². The van der Waals surface area contributed by atoms with Crippen molar-refractivity contribution in [3.05, 3.63) is 95.6 Å². The van der Waals surface area contributed by atoms with Gasteiger partial charge >= 0.3 is 5.97 Å². The number of amides is 1. The number of esters is 1. The summed E-state index contributed by atoms with van der Waals surface area (Å²) in [4.78, 5) is 35.4. The fraction of sp³-hybridized carbons (Fsp3) is 0.217. The lowest BCUT2D eigenvalue weighted by Crippen LogP contribution is -2.41. The molecule has 0 bridgehead atoms. The summed E-state index contributed by atoms with van der Waals surface area (Å²) in [6.07, 6.45) is 4.79. The average molecular weight is 389 g/mol. The molecule has 0 saturated carbocycles. The maximum Gasteiger partial charge on any atom is 0.340 e. The van der Waals surface area contributed by atoms with E-state index in [1.807, 2.05) is 37.3 Å². The maximum absolute atomic E-state index is 13.1. The Labute approximate surface area is 170 Å². The Balaban J connectivity index is 1.75. The molecule has 3 rings (SSSR count). The third kappa shape index (κ3) is 5.25. The van der Waals surface area contributed by atoms with Gasteiger partial charge in [0.15, 0.2) is 0 Å². The van der Waals surface area contributed by atoms with Crippen LogP contribution in [-0.4, -0.2) is 39.4 Å². The zero-order valence-electron chi connectivity index (χ0n) is 16.5. The molecule has 2 aromatic heterocycles. The zero-order chi connectivity index (χ0) is 20.6. The summed E-state index contributed by atoms with van der Waals surface area (Å²) in [5.74, 6) is -0.612. The van der Waals surface area contributed by atoms with Crippen molar-refractivity contribution in [1.82, 2.24) is 14.9 Å². The Hall–Kier alpha value is -3.54. The molecule has 29 heavy (non-hydrogen) atoms. The molecular formula is C23H23N3O3. The van der Waals surface area contributed by atoms with Gasteiger partial charge < -0.3 is 9.64 Å². The van der Waals surface area contributed by atoms with Gasteiger partial charge in [0.05, 0.1) is 22.9 Å². The van der Waals surface area contributed by atoms with Gasteiger partial charge in [-0.05, 0) is 43.7 Å². The highest BCUT2D eigenvalue weighted by Gasteiger charge is 2.24. The number of nitrogens with zero attached hydrogens (tertiary/aromatic N) is 3. The predicted molar refractivity (Wildman–Crippen MR) is 109 cm³/mol. The number of rotatable bonds is 7. The standard InChI is InChI=1S/C23H23N3O3/c1-17(16-29-23(28)21-11-7-13-25-18(21)2)26(15-19-8-4-3-5-9-19)22(27)20-10-6-12-24-14-20/h3-14,17H,15-16H2,1-2H3. The number of pyridine rings is 2. The van der Waals surface area contributed by atoms with Crippen molar-refractivity contribution in [2.24, 2.45) is 0 Å². The quantitative estimate of drug-likeness (QED) is 0.577. The van der Waals surface area contributed by atoms with Gasteiger partial charge in [0.25, 0.3) is 5.91 Å². The van der Waals surface area contributed by atoms with Crippen molar-refractivity contribution in [1.29, 1.82) is 0 Å². The molecule has 1 atom stereocenters. The summed E-state index contributed by atoms with van der Waals surface area (Å²) in [5, 5.41) is 0. The molecule has 0 aliphatic heterocycles. The lowest BCUT2D eigenvalue weighted by molar-refractivity contribution is 0.0325. The monoisotopic (exact) mass is 389 g/mol. The zero-order valence-corrected chi connectivity index (χ0v) is 16.5. The van der Waals surface area contributed by atoms with Crippen molar-refractivity contribution < 1.29 is 14.3 Å². The molecule has 0 N–H and O–H groups in total. The number of aromatic nitrogens is 2. The van der Waals surface area contributed by atoms with Crippen LogP contribution in [0.15, 0.2) is 73.2 Å². The van der Waals surface area contributed by atoms with Crippen molar-refractivity contribution in [3.8, 4) is 0 Å². The van der Waals surface area contributed by atoms with E-state index in [9.17, 15) is 9.59 Å². The number of hydrogen-bond acceptors (Lipinski definition) is 5. The van der Waals surface area contributed by atoms with Crippen LogP contribution >= 0.6 is 0 Å². The van der Waals surface area contributed by atoms with Crippen LogP contribution in [0.2, 0.25) is 0 Å². The SMILES string of the molecule is Cc1ncccc1C(=O)OCC(C)N(Cc1ccccc1)C(=O)c1cccnc1. The Morgan fingerprint density at radius 1 is 1.03 bits per heavy atom. The third-order valence-electron chi connectivity index (χ3n) is 4.58. The second-order valence-corrected chi connectivity index (χ2v) is 6.74.